The lowest BCUT2D eigenvalue weighted by atomic mass is 10.2. The molecule has 1 saturated heterocycles. The smallest absolute Gasteiger partial charge is 0.254 e. The molecule has 6 nitrogen and oxygen atoms in total. The summed E-state index contributed by atoms with van der Waals surface area (Å²) in [5.41, 5.74) is 8.21. The van der Waals surface area contributed by atoms with Crippen molar-refractivity contribution in [2.75, 3.05) is 32.8 Å². The maximum atomic E-state index is 12.0. The van der Waals surface area contributed by atoms with Gasteiger partial charge in [-0.05, 0) is 39.0 Å². The molecule has 1 N–H and O–H groups in total. The molecule has 1 aliphatic rings. The van der Waals surface area contributed by atoms with Gasteiger partial charge in [-0.25, -0.2) is 5.43 Å². The summed E-state index contributed by atoms with van der Waals surface area (Å²) in [5, 5.41) is 4.13. The first kappa shape index (κ1) is 18.4. The van der Waals surface area contributed by atoms with E-state index in [-0.39, 0.29) is 5.91 Å². The molecule has 0 saturated carbocycles. The van der Waals surface area contributed by atoms with E-state index in [0.717, 1.165) is 35.7 Å². The lowest BCUT2D eigenvalue weighted by Gasteiger charge is -2.25. The Labute approximate surface area is 154 Å². The molecule has 0 spiro atoms. The second kappa shape index (κ2) is 8.29. The monoisotopic (exact) mass is 354 g/mol. The molecule has 1 aromatic carbocycles. The number of hydrogen-bond acceptors (Lipinski definition) is 4. The Morgan fingerprint density at radius 1 is 1.19 bits per heavy atom. The number of carbonyl (C=O) groups is 1. The van der Waals surface area contributed by atoms with Crippen LogP contribution >= 0.6 is 0 Å². The zero-order valence-electron chi connectivity index (χ0n) is 15.7. The van der Waals surface area contributed by atoms with Crippen LogP contribution in [0.2, 0.25) is 0 Å². The molecule has 2 aromatic rings. The van der Waals surface area contributed by atoms with E-state index in [4.69, 9.17) is 4.74 Å². The van der Waals surface area contributed by atoms with Crippen LogP contribution in [0.4, 0.5) is 0 Å². The van der Waals surface area contributed by atoms with Gasteiger partial charge in [-0.2, -0.15) is 5.10 Å². The predicted octanol–water partition coefficient (Wildman–Crippen LogP) is 2.18. The number of hydrazone groups is 1. The second-order valence-electron chi connectivity index (χ2n) is 6.68. The van der Waals surface area contributed by atoms with Crippen LogP contribution < -0.4 is 5.43 Å². The third-order valence-corrected chi connectivity index (χ3v) is 4.63. The molecule has 1 amide bonds. The van der Waals surface area contributed by atoms with Crippen LogP contribution in [0.3, 0.4) is 0 Å². The first-order chi connectivity index (χ1) is 12.5. The minimum atomic E-state index is -0.101. The van der Waals surface area contributed by atoms with E-state index in [2.05, 4.69) is 71.1 Å². The van der Waals surface area contributed by atoms with Gasteiger partial charge < -0.3 is 9.30 Å². The molecule has 3 rings (SSSR count). The minimum absolute atomic E-state index is 0.101. The quantitative estimate of drug-likeness (QED) is 0.661. The SMILES string of the molecule is Cc1ccc(-n2c(C)cc(/C=N/NC(=O)CN3CCOCC3)c2C)cc1. The van der Waals surface area contributed by atoms with Crippen LogP contribution in [0.1, 0.15) is 22.5 Å². The van der Waals surface area contributed by atoms with Crippen LogP contribution in [0.25, 0.3) is 5.69 Å². The third-order valence-electron chi connectivity index (χ3n) is 4.63. The minimum Gasteiger partial charge on any atom is -0.379 e. The van der Waals surface area contributed by atoms with E-state index in [1.807, 2.05) is 0 Å². The fourth-order valence-electron chi connectivity index (χ4n) is 3.18. The van der Waals surface area contributed by atoms with E-state index < -0.39 is 0 Å². The van der Waals surface area contributed by atoms with E-state index in [0.29, 0.717) is 19.8 Å². The van der Waals surface area contributed by atoms with Crippen molar-refractivity contribution in [2.45, 2.75) is 20.8 Å². The van der Waals surface area contributed by atoms with Gasteiger partial charge in [0.1, 0.15) is 0 Å². The summed E-state index contributed by atoms with van der Waals surface area (Å²) in [6.45, 7) is 9.50. The number of ether oxygens (including phenoxy) is 1. The van der Waals surface area contributed by atoms with Crippen molar-refractivity contribution in [3.8, 4) is 5.69 Å². The summed E-state index contributed by atoms with van der Waals surface area (Å²) in [4.78, 5) is 14.1. The first-order valence-electron chi connectivity index (χ1n) is 8.92. The number of rotatable bonds is 5. The van der Waals surface area contributed by atoms with Gasteiger partial charge in [0.2, 0.25) is 0 Å². The van der Waals surface area contributed by atoms with Gasteiger partial charge in [-0.1, -0.05) is 17.7 Å². The van der Waals surface area contributed by atoms with Gasteiger partial charge in [-0.3, -0.25) is 9.69 Å². The number of aryl methyl sites for hydroxylation is 2. The summed E-state index contributed by atoms with van der Waals surface area (Å²) >= 11 is 0. The number of hydrogen-bond donors (Lipinski definition) is 1. The van der Waals surface area contributed by atoms with Gasteiger partial charge in [-0.15, -0.1) is 0 Å². The van der Waals surface area contributed by atoms with Crippen LogP contribution in [0.5, 0.6) is 0 Å². The lowest BCUT2D eigenvalue weighted by molar-refractivity contribution is -0.123. The fourth-order valence-corrected chi connectivity index (χ4v) is 3.18. The molecule has 1 aromatic heterocycles. The summed E-state index contributed by atoms with van der Waals surface area (Å²) in [6, 6.07) is 10.5. The van der Waals surface area contributed by atoms with Crippen molar-refractivity contribution in [3.05, 3.63) is 52.8 Å². The number of nitrogens with one attached hydrogen (secondary N) is 1. The van der Waals surface area contributed by atoms with Crippen LogP contribution in [-0.4, -0.2) is 54.4 Å². The number of aromatic nitrogens is 1. The first-order valence-corrected chi connectivity index (χ1v) is 8.92. The number of amides is 1. The molecule has 2 heterocycles. The van der Waals surface area contributed by atoms with Crippen molar-refractivity contribution >= 4 is 12.1 Å². The van der Waals surface area contributed by atoms with E-state index >= 15 is 0 Å². The van der Waals surface area contributed by atoms with Gasteiger partial charge in [0, 0.05) is 35.7 Å². The van der Waals surface area contributed by atoms with E-state index in [1.165, 1.54) is 5.56 Å². The molecule has 26 heavy (non-hydrogen) atoms. The summed E-state index contributed by atoms with van der Waals surface area (Å²) in [6.07, 6.45) is 1.71. The zero-order valence-corrected chi connectivity index (χ0v) is 15.7. The fraction of sp³-hybridized carbons (Fsp3) is 0.400. The predicted molar refractivity (Wildman–Crippen MR) is 103 cm³/mol. The average Bonchev–Trinajstić information content (AvgIpc) is 2.90. The molecule has 0 radical (unpaired) electrons. The molecule has 138 valence electrons. The molecule has 0 unspecified atom stereocenters. The molecular weight excluding hydrogens is 328 g/mol. The maximum absolute atomic E-state index is 12.0. The zero-order chi connectivity index (χ0) is 18.5. The Morgan fingerprint density at radius 2 is 1.88 bits per heavy atom. The molecule has 0 atom stereocenters. The van der Waals surface area contributed by atoms with Gasteiger partial charge >= 0.3 is 0 Å². The topological polar surface area (TPSA) is 58.9 Å². The number of morpholine rings is 1. The standard InChI is InChI=1S/C20H26N4O2/c1-15-4-6-19(7-5-15)24-16(2)12-18(17(24)3)13-21-22-20(25)14-23-8-10-26-11-9-23/h4-7,12-13H,8-11,14H2,1-3H3,(H,22,25)/b21-13+. The normalized spacial score (nSPS) is 15.5. The molecule has 0 aliphatic carbocycles. The van der Waals surface area contributed by atoms with Crippen LogP contribution in [0, 0.1) is 20.8 Å². The largest absolute Gasteiger partial charge is 0.379 e. The lowest BCUT2D eigenvalue weighted by Crippen LogP contribution is -2.42. The Morgan fingerprint density at radius 3 is 2.58 bits per heavy atom. The third kappa shape index (κ3) is 4.39. The van der Waals surface area contributed by atoms with Crippen molar-refractivity contribution in [3.63, 3.8) is 0 Å². The Kier molecular flexibility index (Phi) is 5.85. The van der Waals surface area contributed by atoms with E-state index in [9.17, 15) is 4.79 Å². The summed E-state index contributed by atoms with van der Waals surface area (Å²) < 4.78 is 7.48. The summed E-state index contributed by atoms with van der Waals surface area (Å²) in [7, 11) is 0. The Bertz CT molecular complexity index is 787. The van der Waals surface area contributed by atoms with Crippen molar-refractivity contribution in [1.29, 1.82) is 0 Å². The second-order valence-corrected chi connectivity index (χ2v) is 6.68. The molecule has 6 heteroatoms. The molecule has 1 fully saturated rings. The van der Waals surface area contributed by atoms with Crippen LogP contribution in [-0.2, 0) is 9.53 Å². The average molecular weight is 354 g/mol. The number of carbonyl (C=O) groups excluding carboxylic acids is 1. The van der Waals surface area contributed by atoms with Crippen LogP contribution in [0.15, 0.2) is 35.4 Å². The Balaban J connectivity index is 1.64. The van der Waals surface area contributed by atoms with Crippen molar-refractivity contribution < 1.29 is 9.53 Å². The highest BCUT2D eigenvalue weighted by Crippen LogP contribution is 2.20. The van der Waals surface area contributed by atoms with Gasteiger partial charge in [0.05, 0.1) is 26.0 Å². The highest BCUT2D eigenvalue weighted by molar-refractivity contribution is 5.84. The molecule has 0 bridgehead atoms. The van der Waals surface area contributed by atoms with Gasteiger partial charge in [0.25, 0.3) is 5.91 Å². The number of nitrogens with zero attached hydrogens (tertiary/aromatic N) is 3. The highest BCUT2D eigenvalue weighted by Gasteiger charge is 2.14. The van der Waals surface area contributed by atoms with Gasteiger partial charge in [0.15, 0.2) is 0 Å². The van der Waals surface area contributed by atoms with E-state index in [1.54, 1.807) is 6.21 Å². The Hall–Kier alpha value is -2.44. The highest BCUT2D eigenvalue weighted by atomic mass is 16.5. The van der Waals surface area contributed by atoms with Crippen molar-refractivity contribution in [1.82, 2.24) is 14.9 Å². The maximum Gasteiger partial charge on any atom is 0.254 e. The summed E-state index contributed by atoms with van der Waals surface area (Å²) in [5.74, 6) is -0.101. The number of benzene rings is 1. The molecule has 1 aliphatic heterocycles. The van der Waals surface area contributed by atoms with Crippen molar-refractivity contribution in [2.24, 2.45) is 5.10 Å². The molecular formula is C20H26N4O2.